The average molecular weight is 361 g/mol. The van der Waals surface area contributed by atoms with Crippen LogP contribution in [-0.2, 0) is 30.7 Å². The predicted molar refractivity (Wildman–Crippen MR) is 103 cm³/mol. The fourth-order valence-corrected chi connectivity index (χ4v) is 4.11. The lowest BCUT2D eigenvalue weighted by Gasteiger charge is -2.23. The molecule has 4 heterocycles. The molecule has 6 heteroatoms. The summed E-state index contributed by atoms with van der Waals surface area (Å²) in [5, 5.41) is 3.06. The molecule has 0 aliphatic carbocycles. The standard InChI is InChI=1S/C21H23N5O/c27-21(16-6-9-18-11-22-14-26(18)12-16)23-17-7-4-15(5-8-17)19-13-25-10-2-1-3-20(25)24-19/h4-5,7-8,11,13-14,16H,1-3,6,9-10,12H2,(H,23,27). The fourth-order valence-electron chi connectivity index (χ4n) is 4.11. The van der Waals surface area contributed by atoms with Gasteiger partial charge < -0.3 is 14.5 Å². The molecule has 5 rings (SSSR count). The molecule has 6 nitrogen and oxygen atoms in total. The summed E-state index contributed by atoms with van der Waals surface area (Å²) in [5.74, 6) is 1.26. The van der Waals surface area contributed by atoms with E-state index in [9.17, 15) is 4.79 Å². The highest BCUT2D eigenvalue weighted by Gasteiger charge is 2.24. The Morgan fingerprint density at radius 3 is 2.85 bits per heavy atom. The fraction of sp³-hybridized carbons (Fsp3) is 0.381. The number of hydrogen-bond donors (Lipinski definition) is 1. The number of benzene rings is 1. The molecule has 0 spiro atoms. The highest BCUT2D eigenvalue weighted by atomic mass is 16.1. The van der Waals surface area contributed by atoms with E-state index in [0.717, 1.165) is 42.8 Å². The van der Waals surface area contributed by atoms with Crippen LogP contribution in [0.25, 0.3) is 11.3 Å². The van der Waals surface area contributed by atoms with Crippen LogP contribution in [0.5, 0.6) is 0 Å². The van der Waals surface area contributed by atoms with Crippen LogP contribution >= 0.6 is 0 Å². The quantitative estimate of drug-likeness (QED) is 0.779. The van der Waals surface area contributed by atoms with Gasteiger partial charge in [0.2, 0.25) is 5.91 Å². The Hall–Kier alpha value is -2.89. The number of imidazole rings is 2. The molecule has 2 aromatic heterocycles. The van der Waals surface area contributed by atoms with Crippen molar-refractivity contribution in [3.63, 3.8) is 0 Å². The highest BCUT2D eigenvalue weighted by Crippen LogP contribution is 2.25. The van der Waals surface area contributed by atoms with E-state index in [0.29, 0.717) is 6.54 Å². The predicted octanol–water partition coefficient (Wildman–Crippen LogP) is 3.28. The second-order valence-corrected chi connectivity index (χ2v) is 7.53. The van der Waals surface area contributed by atoms with Crippen LogP contribution in [0.1, 0.15) is 30.8 Å². The van der Waals surface area contributed by atoms with Gasteiger partial charge in [0.1, 0.15) is 5.82 Å². The van der Waals surface area contributed by atoms with Crippen molar-refractivity contribution in [3.05, 3.63) is 54.5 Å². The molecule has 138 valence electrons. The van der Waals surface area contributed by atoms with Crippen molar-refractivity contribution in [2.24, 2.45) is 5.92 Å². The number of aryl methyl sites for hydroxylation is 3. The van der Waals surface area contributed by atoms with Crippen molar-refractivity contribution < 1.29 is 4.79 Å². The smallest absolute Gasteiger partial charge is 0.229 e. The number of aromatic nitrogens is 4. The Kier molecular flexibility index (Phi) is 4.03. The molecule has 2 aliphatic rings. The third-order valence-corrected chi connectivity index (χ3v) is 5.69. The summed E-state index contributed by atoms with van der Waals surface area (Å²) in [6.45, 7) is 1.77. The first kappa shape index (κ1) is 16.3. The van der Waals surface area contributed by atoms with Gasteiger partial charge >= 0.3 is 0 Å². The normalized spacial score (nSPS) is 18.6. The first-order chi connectivity index (χ1) is 13.3. The van der Waals surface area contributed by atoms with Crippen molar-refractivity contribution in [1.82, 2.24) is 19.1 Å². The molecule has 3 aromatic rings. The number of anilines is 1. The van der Waals surface area contributed by atoms with Gasteiger partial charge in [-0.3, -0.25) is 4.79 Å². The minimum Gasteiger partial charge on any atom is -0.334 e. The molecule has 2 aliphatic heterocycles. The first-order valence-electron chi connectivity index (χ1n) is 9.72. The van der Waals surface area contributed by atoms with Crippen LogP contribution in [-0.4, -0.2) is 25.0 Å². The molecule has 1 amide bonds. The van der Waals surface area contributed by atoms with Crippen molar-refractivity contribution >= 4 is 11.6 Å². The summed E-state index contributed by atoms with van der Waals surface area (Å²) in [6, 6.07) is 8.02. The van der Waals surface area contributed by atoms with Gasteiger partial charge in [-0.25, -0.2) is 9.97 Å². The van der Waals surface area contributed by atoms with Gasteiger partial charge in [0.15, 0.2) is 0 Å². The number of rotatable bonds is 3. The van der Waals surface area contributed by atoms with Crippen molar-refractivity contribution in [3.8, 4) is 11.3 Å². The first-order valence-corrected chi connectivity index (χ1v) is 9.72. The lowest BCUT2D eigenvalue weighted by molar-refractivity contribution is -0.120. The molecule has 27 heavy (non-hydrogen) atoms. The van der Waals surface area contributed by atoms with E-state index in [1.807, 2.05) is 36.8 Å². The molecule has 1 N–H and O–H groups in total. The molecule has 0 saturated carbocycles. The van der Waals surface area contributed by atoms with Gasteiger partial charge in [-0.05, 0) is 37.8 Å². The maximum atomic E-state index is 12.6. The molecule has 1 atom stereocenters. The maximum Gasteiger partial charge on any atom is 0.229 e. The molecule has 0 saturated heterocycles. The summed E-state index contributed by atoms with van der Waals surface area (Å²) in [4.78, 5) is 21.6. The van der Waals surface area contributed by atoms with Crippen LogP contribution in [0.2, 0.25) is 0 Å². The van der Waals surface area contributed by atoms with Gasteiger partial charge in [0, 0.05) is 48.8 Å². The molecule has 1 aromatic carbocycles. The summed E-state index contributed by atoms with van der Waals surface area (Å²) < 4.78 is 4.35. The van der Waals surface area contributed by atoms with Gasteiger partial charge in [0.25, 0.3) is 0 Å². The number of carbonyl (C=O) groups is 1. The second kappa shape index (κ2) is 6.68. The minimum absolute atomic E-state index is 0.00811. The summed E-state index contributed by atoms with van der Waals surface area (Å²) in [6.07, 6.45) is 11.1. The molecule has 0 bridgehead atoms. The van der Waals surface area contributed by atoms with E-state index < -0.39 is 0 Å². The molecular formula is C21H23N5O. The third-order valence-electron chi connectivity index (χ3n) is 5.69. The number of nitrogens with zero attached hydrogens (tertiary/aromatic N) is 4. The van der Waals surface area contributed by atoms with Crippen molar-refractivity contribution in [1.29, 1.82) is 0 Å². The van der Waals surface area contributed by atoms with Gasteiger partial charge in [-0.2, -0.15) is 0 Å². The topological polar surface area (TPSA) is 64.7 Å². The van der Waals surface area contributed by atoms with Crippen molar-refractivity contribution in [2.75, 3.05) is 5.32 Å². The Bertz CT molecular complexity index is 945. The minimum atomic E-state index is -0.00811. The average Bonchev–Trinajstić information content (AvgIpc) is 3.34. The van der Waals surface area contributed by atoms with Crippen LogP contribution in [0, 0.1) is 5.92 Å². The second-order valence-electron chi connectivity index (χ2n) is 7.53. The lowest BCUT2D eigenvalue weighted by Crippen LogP contribution is -2.30. The largest absolute Gasteiger partial charge is 0.334 e. The SMILES string of the molecule is O=C(Nc1ccc(-c2cn3c(n2)CCCC3)cc1)C1CCc2cncn2C1. The maximum absolute atomic E-state index is 12.6. The van der Waals surface area contributed by atoms with E-state index in [1.54, 1.807) is 0 Å². The Morgan fingerprint density at radius 1 is 1.11 bits per heavy atom. The van der Waals surface area contributed by atoms with E-state index in [-0.39, 0.29) is 11.8 Å². The molecule has 0 radical (unpaired) electrons. The molecular weight excluding hydrogens is 338 g/mol. The van der Waals surface area contributed by atoms with Gasteiger partial charge in [0.05, 0.1) is 17.9 Å². The van der Waals surface area contributed by atoms with Crippen LogP contribution in [0.4, 0.5) is 5.69 Å². The van der Waals surface area contributed by atoms with E-state index in [4.69, 9.17) is 4.98 Å². The number of nitrogens with one attached hydrogen (secondary N) is 1. The third kappa shape index (κ3) is 3.16. The lowest BCUT2D eigenvalue weighted by atomic mass is 9.97. The van der Waals surface area contributed by atoms with Crippen LogP contribution in [0.3, 0.4) is 0 Å². The monoisotopic (exact) mass is 361 g/mol. The number of amides is 1. The summed E-state index contributed by atoms with van der Waals surface area (Å²) >= 11 is 0. The zero-order chi connectivity index (χ0) is 18.2. The highest BCUT2D eigenvalue weighted by molar-refractivity contribution is 5.92. The Labute approximate surface area is 158 Å². The zero-order valence-corrected chi connectivity index (χ0v) is 15.3. The Morgan fingerprint density at radius 2 is 2.00 bits per heavy atom. The Balaban J connectivity index is 1.27. The zero-order valence-electron chi connectivity index (χ0n) is 15.3. The van der Waals surface area contributed by atoms with Crippen molar-refractivity contribution in [2.45, 2.75) is 45.2 Å². The number of carbonyl (C=O) groups excluding carboxylic acids is 1. The summed E-state index contributed by atoms with van der Waals surface area (Å²) in [7, 11) is 0. The van der Waals surface area contributed by atoms with Crippen LogP contribution in [0.15, 0.2) is 43.0 Å². The number of hydrogen-bond acceptors (Lipinski definition) is 3. The summed E-state index contributed by atoms with van der Waals surface area (Å²) in [5.41, 5.74) is 4.16. The van der Waals surface area contributed by atoms with Crippen LogP contribution < -0.4 is 5.32 Å². The molecule has 1 unspecified atom stereocenters. The van der Waals surface area contributed by atoms with Gasteiger partial charge in [-0.1, -0.05) is 12.1 Å². The molecule has 0 fully saturated rings. The van der Waals surface area contributed by atoms with E-state index >= 15 is 0 Å². The van der Waals surface area contributed by atoms with E-state index in [2.05, 4.69) is 25.6 Å². The number of fused-ring (bicyclic) bond motifs is 2. The van der Waals surface area contributed by atoms with Gasteiger partial charge in [-0.15, -0.1) is 0 Å². The van der Waals surface area contributed by atoms with E-state index in [1.165, 1.54) is 24.4 Å².